The number of rotatable bonds is 4. The lowest BCUT2D eigenvalue weighted by molar-refractivity contribution is 0.0911. The number of benzene rings is 1. The van der Waals surface area contributed by atoms with Crippen molar-refractivity contribution in [2.24, 2.45) is 13.0 Å². The minimum absolute atomic E-state index is 0.0193. The molecule has 3 heteroatoms. The highest BCUT2D eigenvalue weighted by Gasteiger charge is 2.19. The lowest BCUT2D eigenvalue weighted by atomic mass is 9.98. The standard InChI is InChI=1S/C15H20N2O/c1-11(9-16(2)3)15(18)13-10-17(4)14-8-6-5-7-12(13)14/h5-8,10-11H,9H2,1-4H3/t11-/m1/s1. The highest BCUT2D eigenvalue weighted by molar-refractivity contribution is 6.09. The maximum atomic E-state index is 12.5. The Balaban J connectivity index is 2.39. The normalized spacial score (nSPS) is 13.2. The van der Waals surface area contributed by atoms with Gasteiger partial charge in [-0.25, -0.2) is 0 Å². The summed E-state index contributed by atoms with van der Waals surface area (Å²) in [4.78, 5) is 14.5. The van der Waals surface area contributed by atoms with Gasteiger partial charge >= 0.3 is 0 Å². The van der Waals surface area contributed by atoms with Crippen LogP contribution in [0.5, 0.6) is 0 Å². The summed E-state index contributed by atoms with van der Waals surface area (Å²) in [6.45, 7) is 2.77. The Morgan fingerprint density at radius 2 is 2.00 bits per heavy atom. The molecule has 0 spiro atoms. The monoisotopic (exact) mass is 244 g/mol. The van der Waals surface area contributed by atoms with E-state index in [4.69, 9.17) is 0 Å². The number of para-hydroxylation sites is 1. The zero-order valence-electron chi connectivity index (χ0n) is 11.5. The molecular weight excluding hydrogens is 224 g/mol. The predicted molar refractivity (Wildman–Crippen MR) is 75.0 cm³/mol. The SMILES string of the molecule is C[C@H](CN(C)C)C(=O)c1cn(C)c2ccccc12. The van der Waals surface area contributed by atoms with Gasteiger partial charge in [-0.05, 0) is 20.2 Å². The van der Waals surface area contributed by atoms with Crippen molar-refractivity contribution in [2.45, 2.75) is 6.92 Å². The fraction of sp³-hybridized carbons (Fsp3) is 0.400. The second-order valence-electron chi connectivity index (χ2n) is 5.20. The molecular formula is C15H20N2O. The molecule has 0 aliphatic heterocycles. The van der Waals surface area contributed by atoms with Gasteiger partial charge in [-0.1, -0.05) is 25.1 Å². The quantitative estimate of drug-likeness (QED) is 0.772. The molecule has 2 aromatic rings. The summed E-state index contributed by atoms with van der Waals surface area (Å²) in [6.07, 6.45) is 1.94. The Kier molecular flexibility index (Phi) is 3.53. The number of hydrogen-bond donors (Lipinski definition) is 0. The topological polar surface area (TPSA) is 25.2 Å². The van der Waals surface area contributed by atoms with Gasteiger partial charge in [0.15, 0.2) is 5.78 Å². The number of Topliss-reactive ketones (excluding diaryl/α,β-unsaturated/α-hetero) is 1. The van der Waals surface area contributed by atoms with Crippen molar-refractivity contribution in [2.75, 3.05) is 20.6 Å². The van der Waals surface area contributed by atoms with Crippen LogP contribution < -0.4 is 0 Å². The summed E-state index contributed by atoms with van der Waals surface area (Å²) in [5, 5.41) is 1.05. The molecule has 0 saturated carbocycles. The van der Waals surface area contributed by atoms with Crippen LogP contribution >= 0.6 is 0 Å². The molecule has 0 fully saturated rings. The molecule has 0 bridgehead atoms. The number of fused-ring (bicyclic) bond motifs is 1. The maximum Gasteiger partial charge on any atom is 0.169 e. The van der Waals surface area contributed by atoms with Crippen LogP contribution in [0.15, 0.2) is 30.5 Å². The second kappa shape index (κ2) is 4.94. The summed E-state index contributed by atoms with van der Waals surface area (Å²) in [7, 11) is 5.97. The number of nitrogens with zero attached hydrogens (tertiary/aromatic N) is 2. The summed E-state index contributed by atoms with van der Waals surface area (Å²) in [5.41, 5.74) is 1.94. The number of carbonyl (C=O) groups excluding carboxylic acids is 1. The first kappa shape index (κ1) is 12.8. The van der Waals surface area contributed by atoms with E-state index < -0.39 is 0 Å². The molecule has 18 heavy (non-hydrogen) atoms. The van der Waals surface area contributed by atoms with Gasteiger partial charge in [0, 0.05) is 42.2 Å². The Morgan fingerprint density at radius 3 is 2.67 bits per heavy atom. The van der Waals surface area contributed by atoms with E-state index in [2.05, 4.69) is 0 Å². The number of aromatic nitrogens is 1. The van der Waals surface area contributed by atoms with Gasteiger partial charge in [-0.3, -0.25) is 4.79 Å². The van der Waals surface area contributed by atoms with Crippen LogP contribution in [-0.2, 0) is 7.05 Å². The molecule has 1 aromatic heterocycles. The Hall–Kier alpha value is -1.61. The van der Waals surface area contributed by atoms with Crippen LogP contribution in [0.3, 0.4) is 0 Å². The van der Waals surface area contributed by atoms with E-state index in [1.165, 1.54) is 0 Å². The molecule has 1 heterocycles. The van der Waals surface area contributed by atoms with Crippen LogP contribution in [0.2, 0.25) is 0 Å². The van der Waals surface area contributed by atoms with Crippen molar-refractivity contribution in [1.29, 1.82) is 0 Å². The minimum Gasteiger partial charge on any atom is -0.350 e. The van der Waals surface area contributed by atoms with Crippen LogP contribution in [0.4, 0.5) is 0 Å². The average molecular weight is 244 g/mol. The van der Waals surface area contributed by atoms with Gasteiger partial charge in [0.05, 0.1) is 0 Å². The van der Waals surface area contributed by atoms with Crippen molar-refractivity contribution in [3.8, 4) is 0 Å². The van der Waals surface area contributed by atoms with E-state index in [0.717, 1.165) is 23.0 Å². The molecule has 0 saturated heterocycles. The van der Waals surface area contributed by atoms with Crippen molar-refractivity contribution >= 4 is 16.7 Å². The molecule has 3 nitrogen and oxygen atoms in total. The molecule has 1 atom stereocenters. The van der Waals surface area contributed by atoms with Crippen molar-refractivity contribution in [3.05, 3.63) is 36.0 Å². The zero-order chi connectivity index (χ0) is 13.3. The lowest BCUT2D eigenvalue weighted by Crippen LogP contribution is -2.25. The number of ketones is 1. The average Bonchev–Trinajstić information content (AvgIpc) is 2.66. The van der Waals surface area contributed by atoms with Gasteiger partial charge in [-0.15, -0.1) is 0 Å². The highest BCUT2D eigenvalue weighted by Crippen LogP contribution is 2.23. The predicted octanol–water partition coefficient (Wildman–Crippen LogP) is 2.56. The molecule has 96 valence electrons. The summed E-state index contributed by atoms with van der Waals surface area (Å²) in [5.74, 6) is 0.242. The van der Waals surface area contributed by atoms with Gasteiger partial charge < -0.3 is 9.47 Å². The first-order valence-electron chi connectivity index (χ1n) is 6.23. The third-order valence-electron chi connectivity index (χ3n) is 3.25. The Labute approximate surface area is 108 Å². The maximum absolute atomic E-state index is 12.5. The Morgan fingerprint density at radius 1 is 1.33 bits per heavy atom. The van der Waals surface area contributed by atoms with Crippen LogP contribution in [0, 0.1) is 5.92 Å². The molecule has 0 aliphatic carbocycles. The number of hydrogen-bond acceptors (Lipinski definition) is 2. The van der Waals surface area contributed by atoms with Crippen molar-refractivity contribution in [1.82, 2.24) is 9.47 Å². The summed E-state index contributed by atoms with van der Waals surface area (Å²) in [6, 6.07) is 8.04. The molecule has 0 radical (unpaired) electrons. The van der Waals surface area contributed by atoms with Gasteiger partial charge in [0.25, 0.3) is 0 Å². The van der Waals surface area contributed by atoms with Gasteiger partial charge in [0.2, 0.25) is 0 Å². The molecule has 2 rings (SSSR count). The third-order valence-corrected chi connectivity index (χ3v) is 3.25. The largest absolute Gasteiger partial charge is 0.350 e. The summed E-state index contributed by atoms with van der Waals surface area (Å²) < 4.78 is 2.02. The Bertz CT molecular complexity index is 569. The minimum atomic E-state index is 0.0193. The molecule has 0 unspecified atom stereocenters. The van der Waals surface area contributed by atoms with E-state index >= 15 is 0 Å². The van der Waals surface area contributed by atoms with E-state index in [-0.39, 0.29) is 11.7 Å². The molecule has 0 amide bonds. The number of aryl methyl sites for hydroxylation is 1. The molecule has 0 N–H and O–H groups in total. The molecule has 1 aromatic carbocycles. The van der Waals surface area contributed by atoms with E-state index in [1.54, 1.807) is 0 Å². The van der Waals surface area contributed by atoms with Gasteiger partial charge in [-0.2, -0.15) is 0 Å². The smallest absolute Gasteiger partial charge is 0.169 e. The fourth-order valence-electron chi connectivity index (χ4n) is 2.43. The lowest BCUT2D eigenvalue weighted by Gasteiger charge is -2.15. The van der Waals surface area contributed by atoms with E-state index in [9.17, 15) is 4.79 Å². The van der Waals surface area contributed by atoms with Crippen LogP contribution in [0.25, 0.3) is 10.9 Å². The third kappa shape index (κ3) is 2.31. The highest BCUT2D eigenvalue weighted by atomic mass is 16.1. The van der Waals surface area contributed by atoms with Crippen LogP contribution in [0.1, 0.15) is 17.3 Å². The molecule has 0 aliphatic rings. The van der Waals surface area contributed by atoms with E-state index in [0.29, 0.717) is 0 Å². The van der Waals surface area contributed by atoms with Crippen molar-refractivity contribution < 1.29 is 4.79 Å². The zero-order valence-corrected chi connectivity index (χ0v) is 11.5. The first-order chi connectivity index (χ1) is 8.50. The van der Waals surface area contributed by atoms with Crippen LogP contribution in [-0.4, -0.2) is 35.9 Å². The fourth-order valence-corrected chi connectivity index (χ4v) is 2.43. The van der Waals surface area contributed by atoms with E-state index in [1.807, 2.05) is 68.0 Å². The second-order valence-corrected chi connectivity index (χ2v) is 5.20. The first-order valence-corrected chi connectivity index (χ1v) is 6.23. The number of carbonyl (C=O) groups is 1. The van der Waals surface area contributed by atoms with Gasteiger partial charge in [0.1, 0.15) is 0 Å². The van der Waals surface area contributed by atoms with Crippen molar-refractivity contribution in [3.63, 3.8) is 0 Å². The summed E-state index contributed by atoms with van der Waals surface area (Å²) >= 11 is 0.